The first-order valence-corrected chi connectivity index (χ1v) is 4.48. The lowest BCUT2D eigenvalue weighted by Gasteiger charge is -1.90. The van der Waals surface area contributed by atoms with Gasteiger partial charge in [0.05, 0.1) is 6.26 Å². The minimum Gasteiger partial charge on any atom is -0.469 e. The number of hydrogen-bond donors (Lipinski definition) is 0. The van der Waals surface area contributed by atoms with Crippen LogP contribution < -0.4 is 0 Å². The topological polar surface area (TPSA) is 13.1 Å². The van der Waals surface area contributed by atoms with E-state index in [1.54, 1.807) is 6.26 Å². The van der Waals surface area contributed by atoms with Gasteiger partial charge in [0.25, 0.3) is 0 Å². The highest BCUT2D eigenvalue weighted by Crippen LogP contribution is 2.12. The lowest BCUT2D eigenvalue weighted by molar-refractivity contribution is 0.533. The van der Waals surface area contributed by atoms with E-state index in [2.05, 4.69) is 35.0 Å². The Morgan fingerprint density at radius 1 is 1.64 bits per heavy atom. The van der Waals surface area contributed by atoms with Crippen molar-refractivity contribution in [3.05, 3.63) is 29.7 Å². The predicted molar refractivity (Wildman–Crippen MR) is 50.9 cm³/mol. The summed E-state index contributed by atoms with van der Waals surface area (Å²) in [6.07, 6.45) is 5.84. The highest BCUT2D eigenvalue weighted by Gasteiger charge is 1.95. The lowest BCUT2D eigenvalue weighted by atomic mass is 10.2. The summed E-state index contributed by atoms with van der Waals surface area (Å²) in [4.78, 5) is 0.414. The van der Waals surface area contributed by atoms with E-state index in [4.69, 9.17) is 4.42 Å². The molecule has 0 fully saturated rings. The smallest absolute Gasteiger partial charge is 0.107 e. The van der Waals surface area contributed by atoms with Gasteiger partial charge in [0.15, 0.2) is 0 Å². The molecule has 1 unspecified atom stereocenters. The van der Waals surface area contributed by atoms with Gasteiger partial charge in [-0.05, 0) is 19.9 Å². The molecule has 1 aromatic heterocycles. The van der Waals surface area contributed by atoms with Gasteiger partial charge in [-0.1, -0.05) is 28.1 Å². The molecule has 0 aliphatic heterocycles. The summed E-state index contributed by atoms with van der Waals surface area (Å²) in [6, 6.07) is 1.96. The van der Waals surface area contributed by atoms with Crippen LogP contribution in [0, 0.1) is 6.92 Å². The highest BCUT2D eigenvalue weighted by atomic mass is 79.9. The Hall–Kier alpha value is -0.500. The molecular weight excluding hydrogens is 204 g/mol. The van der Waals surface area contributed by atoms with Gasteiger partial charge in [-0.15, -0.1) is 0 Å². The minimum absolute atomic E-state index is 0.414. The first-order chi connectivity index (χ1) is 5.20. The molecule has 0 spiro atoms. The van der Waals surface area contributed by atoms with E-state index in [0.717, 1.165) is 11.3 Å². The molecule has 1 heterocycles. The number of halogens is 1. The summed E-state index contributed by atoms with van der Waals surface area (Å²) in [5.74, 6) is 0.967. The number of hydrogen-bond acceptors (Lipinski definition) is 1. The zero-order valence-electron chi connectivity index (χ0n) is 6.67. The summed E-state index contributed by atoms with van der Waals surface area (Å²) in [5, 5.41) is 0. The summed E-state index contributed by atoms with van der Waals surface area (Å²) in [7, 11) is 0. The van der Waals surface area contributed by atoms with Crippen LogP contribution in [0.5, 0.6) is 0 Å². The number of rotatable bonds is 2. The van der Waals surface area contributed by atoms with E-state index in [1.165, 1.54) is 0 Å². The maximum Gasteiger partial charge on any atom is 0.107 e. The van der Waals surface area contributed by atoms with Gasteiger partial charge < -0.3 is 4.42 Å². The van der Waals surface area contributed by atoms with E-state index in [9.17, 15) is 0 Å². The number of allylic oxidation sites excluding steroid dienone is 1. The summed E-state index contributed by atoms with van der Waals surface area (Å²) < 4.78 is 5.13. The maximum absolute atomic E-state index is 5.13. The number of furan rings is 1. The van der Waals surface area contributed by atoms with E-state index in [0.29, 0.717) is 4.83 Å². The van der Waals surface area contributed by atoms with Crippen LogP contribution in [0.2, 0.25) is 0 Å². The second-order valence-corrected chi connectivity index (χ2v) is 3.91. The molecule has 0 aliphatic rings. The molecule has 0 saturated carbocycles. The Balaban J connectivity index is 2.71. The van der Waals surface area contributed by atoms with Crippen molar-refractivity contribution in [1.29, 1.82) is 0 Å². The average Bonchev–Trinajstić information content (AvgIpc) is 2.31. The Morgan fingerprint density at radius 2 is 2.36 bits per heavy atom. The molecule has 1 nitrogen and oxygen atoms in total. The van der Waals surface area contributed by atoms with Crippen LogP contribution in [0.25, 0.3) is 6.08 Å². The summed E-state index contributed by atoms with van der Waals surface area (Å²) in [6.45, 7) is 4.03. The van der Waals surface area contributed by atoms with Gasteiger partial charge in [0.1, 0.15) is 5.76 Å². The molecule has 11 heavy (non-hydrogen) atoms. The summed E-state index contributed by atoms with van der Waals surface area (Å²) in [5.41, 5.74) is 1.15. The largest absolute Gasteiger partial charge is 0.469 e. The van der Waals surface area contributed by atoms with Gasteiger partial charge in [0.2, 0.25) is 0 Å². The second kappa shape index (κ2) is 3.77. The van der Waals surface area contributed by atoms with Gasteiger partial charge >= 0.3 is 0 Å². The highest BCUT2D eigenvalue weighted by molar-refractivity contribution is 9.09. The van der Waals surface area contributed by atoms with Crippen LogP contribution in [-0.2, 0) is 0 Å². The fourth-order valence-electron chi connectivity index (χ4n) is 0.804. The van der Waals surface area contributed by atoms with Crippen molar-refractivity contribution in [3.63, 3.8) is 0 Å². The van der Waals surface area contributed by atoms with Crippen LogP contribution in [0.15, 0.2) is 22.8 Å². The van der Waals surface area contributed by atoms with Crippen molar-refractivity contribution >= 4 is 22.0 Å². The zero-order chi connectivity index (χ0) is 8.27. The normalized spacial score (nSPS) is 14.1. The van der Waals surface area contributed by atoms with E-state index < -0.39 is 0 Å². The molecule has 0 bridgehead atoms. The van der Waals surface area contributed by atoms with E-state index in [-0.39, 0.29) is 0 Å². The number of alkyl halides is 1. The van der Waals surface area contributed by atoms with Crippen LogP contribution in [0.1, 0.15) is 18.2 Å². The van der Waals surface area contributed by atoms with Gasteiger partial charge in [0, 0.05) is 10.4 Å². The molecular formula is C9H11BrO. The molecule has 0 aliphatic carbocycles. The quantitative estimate of drug-likeness (QED) is 0.689. The first kappa shape index (κ1) is 8.60. The molecule has 1 atom stereocenters. The fourth-order valence-corrected chi connectivity index (χ4v) is 0.957. The van der Waals surface area contributed by atoms with Crippen molar-refractivity contribution in [2.24, 2.45) is 0 Å². The van der Waals surface area contributed by atoms with Crippen molar-refractivity contribution in [1.82, 2.24) is 0 Å². The Morgan fingerprint density at radius 3 is 2.82 bits per heavy atom. The van der Waals surface area contributed by atoms with Crippen LogP contribution in [-0.4, -0.2) is 4.83 Å². The summed E-state index contributed by atoms with van der Waals surface area (Å²) >= 11 is 3.43. The van der Waals surface area contributed by atoms with Crippen LogP contribution >= 0.6 is 15.9 Å². The monoisotopic (exact) mass is 214 g/mol. The first-order valence-electron chi connectivity index (χ1n) is 3.56. The zero-order valence-corrected chi connectivity index (χ0v) is 8.26. The maximum atomic E-state index is 5.13. The third kappa shape index (κ3) is 2.54. The van der Waals surface area contributed by atoms with Crippen LogP contribution in [0.3, 0.4) is 0 Å². The van der Waals surface area contributed by atoms with Crippen molar-refractivity contribution in [3.8, 4) is 0 Å². The molecule has 60 valence electrons. The minimum atomic E-state index is 0.414. The third-order valence-electron chi connectivity index (χ3n) is 1.44. The van der Waals surface area contributed by atoms with Crippen molar-refractivity contribution < 1.29 is 4.42 Å². The third-order valence-corrected chi connectivity index (χ3v) is 1.75. The van der Waals surface area contributed by atoms with E-state index in [1.807, 2.05) is 13.0 Å². The lowest BCUT2D eigenvalue weighted by Crippen LogP contribution is -1.79. The Bertz CT molecular complexity index is 248. The Labute approximate surface area is 75.2 Å². The molecule has 0 aromatic carbocycles. The molecule has 0 saturated heterocycles. The molecule has 0 radical (unpaired) electrons. The molecule has 1 rings (SSSR count). The molecule has 1 aromatic rings. The van der Waals surface area contributed by atoms with Gasteiger partial charge in [-0.25, -0.2) is 0 Å². The average molecular weight is 215 g/mol. The standard InChI is InChI=1S/C9H11BrO/c1-7(10)3-4-9-5-6-11-8(9)2/h3-7H,1-2H3/b4-3+. The molecule has 0 amide bonds. The van der Waals surface area contributed by atoms with Crippen molar-refractivity contribution in [2.75, 3.05) is 0 Å². The van der Waals surface area contributed by atoms with Crippen LogP contribution in [0.4, 0.5) is 0 Å². The predicted octanol–water partition coefficient (Wildman–Crippen LogP) is 3.38. The van der Waals surface area contributed by atoms with Gasteiger partial charge in [-0.2, -0.15) is 0 Å². The molecule has 2 heteroatoms. The van der Waals surface area contributed by atoms with Crippen molar-refractivity contribution in [2.45, 2.75) is 18.7 Å². The number of aryl methyl sites for hydroxylation is 1. The SMILES string of the molecule is Cc1occc1/C=C/C(C)Br. The molecule has 0 N–H and O–H groups in total. The van der Waals surface area contributed by atoms with E-state index >= 15 is 0 Å². The van der Waals surface area contributed by atoms with Gasteiger partial charge in [-0.3, -0.25) is 0 Å². The second-order valence-electron chi connectivity index (χ2n) is 2.47. The fraction of sp³-hybridized carbons (Fsp3) is 0.333. The Kier molecular flexibility index (Phi) is 2.94.